The number of nitrogens with two attached hydrogens (primary N) is 1. The van der Waals surface area contributed by atoms with Crippen molar-refractivity contribution in [1.29, 1.82) is 0 Å². The molecule has 0 amide bonds. The Balaban J connectivity index is 2.31. The maximum atomic E-state index is 5.51. The number of nitrogens with zero attached hydrogens (tertiary/aromatic N) is 2. The standard InChI is InChI=1S/C10H12N4S/c1-7-5-12-10(13-6-7)9(14-11)8-3-2-4-15-8/h2-6,9,14H,11H2,1H3. The molecule has 0 aliphatic carbocycles. The number of hydrogen-bond acceptors (Lipinski definition) is 5. The van der Waals surface area contributed by atoms with E-state index in [1.807, 2.05) is 24.4 Å². The molecule has 2 aromatic heterocycles. The van der Waals surface area contributed by atoms with Gasteiger partial charge in [-0.3, -0.25) is 5.84 Å². The van der Waals surface area contributed by atoms with Gasteiger partial charge in [-0.25, -0.2) is 15.4 Å². The molecule has 15 heavy (non-hydrogen) atoms. The zero-order chi connectivity index (χ0) is 10.7. The fourth-order valence-corrected chi connectivity index (χ4v) is 2.07. The van der Waals surface area contributed by atoms with Crippen molar-refractivity contribution in [2.45, 2.75) is 13.0 Å². The third-order valence-electron chi connectivity index (χ3n) is 2.05. The molecule has 4 nitrogen and oxygen atoms in total. The highest BCUT2D eigenvalue weighted by atomic mass is 32.1. The summed E-state index contributed by atoms with van der Waals surface area (Å²) in [6.07, 6.45) is 3.58. The predicted octanol–water partition coefficient (Wildman–Crippen LogP) is 1.40. The summed E-state index contributed by atoms with van der Waals surface area (Å²) in [7, 11) is 0. The van der Waals surface area contributed by atoms with Gasteiger partial charge >= 0.3 is 0 Å². The average molecular weight is 220 g/mol. The summed E-state index contributed by atoms with van der Waals surface area (Å²) in [5, 5.41) is 2.01. The number of thiophene rings is 1. The van der Waals surface area contributed by atoms with Gasteiger partial charge in [0.2, 0.25) is 0 Å². The van der Waals surface area contributed by atoms with Crippen molar-refractivity contribution in [2.24, 2.45) is 5.84 Å². The third kappa shape index (κ3) is 2.20. The Bertz CT molecular complexity index is 409. The number of rotatable bonds is 3. The number of aryl methyl sites for hydroxylation is 1. The summed E-state index contributed by atoms with van der Waals surface area (Å²) in [6, 6.07) is 3.88. The van der Waals surface area contributed by atoms with E-state index in [0.717, 1.165) is 10.4 Å². The lowest BCUT2D eigenvalue weighted by Crippen LogP contribution is -2.29. The molecule has 0 saturated heterocycles. The minimum atomic E-state index is -0.120. The normalized spacial score (nSPS) is 12.7. The molecule has 0 aliphatic heterocycles. The van der Waals surface area contributed by atoms with E-state index < -0.39 is 0 Å². The van der Waals surface area contributed by atoms with E-state index in [1.165, 1.54) is 0 Å². The minimum absolute atomic E-state index is 0.120. The Morgan fingerprint density at radius 1 is 1.40 bits per heavy atom. The Kier molecular flexibility index (Phi) is 3.05. The van der Waals surface area contributed by atoms with Crippen LogP contribution < -0.4 is 11.3 Å². The molecule has 2 rings (SSSR count). The molecule has 0 aromatic carbocycles. The van der Waals surface area contributed by atoms with Crippen LogP contribution in [0.4, 0.5) is 0 Å². The lowest BCUT2D eigenvalue weighted by atomic mass is 10.2. The van der Waals surface area contributed by atoms with Crippen LogP contribution in [-0.4, -0.2) is 9.97 Å². The smallest absolute Gasteiger partial charge is 0.151 e. The Morgan fingerprint density at radius 2 is 2.13 bits per heavy atom. The van der Waals surface area contributed by atoms with Crippen molar-refractivity contribution in [3.63, 3.8) is 0 Å². The molecule has 1 unspecified atom stereocenters. The summed E-state index contributed by atoms with van der Waals surface area (Å²) in [5.41, 5.74) is 3.77. The molecule has 0 radical (unpaired) electrons. The maximum absolute atomic E-state index is 5.51. The lowest BCUT2D eigenvalue weighted by molar-refractivity contribution is 0.609. The van der Waals surface area contributed by atoms with Gasteiger partial charge in [0.25, 0.3) is 0 Å². The van der Waals surface area contributed by atoms with Crippen molar-refractivity contribution < 1.29 is 0 Å². The van der Waals surface area contributed by atoms with E-state index in [2.05, 4.69) is 15.4 Å². The molecule has 0 aliphatic rings. The van der Waals surface area contributed by atoms with Crippen LogP contribution in [0.1, 0.15) is 22.3 Å². The van der Waals surface area contributed by atoms with Gasteiger partial charge in [0.05, 0.1) is 0 Å². The van der Waals surface area contributed by atoms with Gasteiger partial charge < -0.3 is 0 Å². The molecule has 1 atom stereocenters. The fraction of sp³-hybridized carbons (Fsp3) is 0.200. The Labute approximate surface area is 92.2 Å². The largest absolute Gasteiger partial charge is 0.270 e. The Morgan fingerprint density at radius 3 is 2.67 bits per heavy atom. The lowest BCUT2D eigenvalue weighted by Gasteiger charge is -2.12. The summed E-state index contributed by atoms with van der Waals surface area (Å²) in [4.78, 5) is 9.63. The average Bonchev–Trinajstić information content (AvgIpc) is 2.75. The first-order valence-corrected chi connectivity index (χ1v) is 5.47. The molecule has 0 saturated carbocycles. The molecular weight excluding hydrogens is 208 g/mol. The topological polar surface area (TPSA) is 63.8 Å². The number of hydrazine groups is 1. The van der Waals surface area contributed by atoms with Gasteiger partial charge in [0.15, 0.2) is 5.82 Å². The molecule has 0 fully saturated rings. The first-order valence-electron chi connectivity index (χ1n) is 4.59. The van der Waals surface area contributed by atoms with Crippen LogP contribution in [0.25, 0.3) is 0 Å². The summed E-state index contributed by atoms with van der Waals surface area (Å²) >= 11 is 1.63. The van der Waals surface area contributed by atoms with E-state index >= 15 is 0 Å². The van der Waals surface area contributed by atoms with Crippen LogP contribution >= 0.6 is 11.3 Å². The van der Waals surface area contributed by atoms with Gasteiger partial charge in [0.1, 0.15) is 6.04 Å². The fourth-order valence-electron chi connectivity index (χ4n) is 1.29. The van der Waals surface area contributed by atoms with Crippen molar-refractivity contribution in [1.82, 2.24) is 15.4 Å². The summed E-state index contributed by atoms with van der Waals surface area (Å²) in [5.74, 6) is 6.21. The van der Waals surface area contributed by atoms with Crippen LogP contribution in [0.15, 0.2) is 29.9 Å². The molecule has 3 N–H and O–H groups in total. The molecular formula is C10H12N4S. The van der Waals surface area contributed by atoms with Gasteiger partial charge in [-0.1, -0.05) is 6.07 Å². The Hall–Kier alpha value is -1.30. The molecule has 0 bridgehead atoms. The van der Waals surface area contributed by atoms with Crippen LogP contribution in [0, 0.1) is 6.92 Å². The number of aromatic nitrogens is 2. The van der Waals surface area contributed by atoms with Crippen LogP contribution in [0.5, 0.6) is 0 Å². The predicted molar refractivity (Wildman–Crippen MR) is 60.3 cm³/mol. The summed E-state index contributed by atoms with van der Waals surface area (Å²) in [6.45, 7) is 1.96. The van der Waals surface area contributed by atoms with E-state index in [-0.39, 0.29) is 6.04 Å². The van der Waals surface area contributed by atoms with E-state index in [1.54, 1.807) is 23.7 Å². The zero-order valence-electron chi connectivity index (χ0n) is 8.34. The van der Waals surface area contributed by atoms with Crippen molar-refractivity contribution >= 4 is 11.3 Å². The van der Waals surface area contributed by atoms with Crippen molar-refractivity contribution in [3.05, 3.63) is 46.2 Å². The van der Waals surface area contributed by atoms with Gasteiger partial charge in [-0.15, -0.1) is 11.3 Å². The third-order valence-corrected chi connectivity index (χ3v) is 2.99. The highest BCUT2D eigenvalue weighted by Gasteiger charge is 2.15. The molecule has 5 heteroatoms. The van der Waals surface area contributed by atoms with Crippen LogP contribution in [0.3, 0.4) is 0 Å². The second-order valence-corrected chi connectivity index (χ2v) is 4.21. The highest BCUT2D eigenvalue weighted by molar-refractivity contribution is 7.10. The number of hydrogen-bond donors (Lipinski definition) is 2. The molecule has 78 valence electrons. The minimum Gasteiger partial charge on any atom is -0.270 e. The zero-order valence-corrected chi connectivity index (χ0v) is 9.16. The quantitative estimate of drug-likeness (QED) is 0.606. The van der Waals surface area contributed by atoms with Crippen molar-refractivity contribution in [3.8, 4) is 0 Å². The number of nitrogens with one attached hydrogen (secondary N) is 1. The molecule has 0 spiro atoms. The van der Waals surface area contributed by atoms with Crippen molar-refractivity contribution in [2.75, 3.05) is 0 Å². The van der Waals surface area contributed by atoms with Crippen LogP contribution in [-0.2, 0) is 0 Å². The summed E-state index contributed by atoms with van der Waals surface area (Å²) < 4.78 is 0. The maximum Gasteiger partial charge on any atom is 0.151 e. The van der Waals surface area contributed by atoms with Gasteiger partial charge in [-0.05, 0) is 23.9 Å². The van der Waals surface area contributed by atoms with E-state index in [0.29, 0.717) is 5.82 Å². The molecule has 2 aromatic rings. The van der Waals surface area contributed by atoms with Gasteiger partial charge in [-0.2, -0.15) is 0 Å². The first kappa shape index (κ1) is 10.2. The first-order chi connectivity index (χ1) is 7.31. The van der Waals surface area contributed by atoms with E-state index in [9.17, 15) is 0 Å². The second kappa shape index (κ2) is 4.48. The second-order valence-electron chi connectivity index (χ2n) is 3.23. The SMILES string of the molecule is Cc1cnc(C(NN)c2cccs2)nc1. The highest BCUT2D eigenvalue weighted by Crippen LogP contribution is 2.22. The van der Waals surface area contributed by atoms with Crippen LogP contribution in [0.2, 0.25) is 0 Å². The van der Waals surface area contributed by atoms with Gasteiger partial charge in [0, 0.05) is 17.3 Å². The van der Waals surface area contributed by atoms with E-state index in [4.69, 9.17) is 5.84 Å². The monoisotopic (exact) mass is 220 g/mol. The molecule has 2 heterocycles.